The summed E-state index contributed by atoms with van der Waals surface area (Å²) in [6, 6.07) is 54.9. The van der Waals surface area contributed by atoms with Gasteiger partial charge in [0.05, 0.1) is 34.9 Å². The molecule has 0 aliphatic carbocycles. The highest BCUT2D eigenvalue weighted by atomic mass is 15.1. The lowest BCUT2D eigenvalue weighted by molar-refractivity contribution is 0.448. The Kier molecular flexibility index (Phi) is 8.37. The first kappa shape index (κ1) is 30.0. The van der Waals surface area contributed by atoms with Crippen LogP contribution in [-0.2, 0) is 0 Å². The van der Waals surface area contributed by atoms with Gasteiger partial charge in [-0.25, -0.2) is 0 Å². The minimum absolute atomic E-state index is 0.554. The first-order valence-corrected chi connectivity index (χ1v) is 15.8. The normalized spacial score (nSPS) is 12.2. The summed E-state index contributed by atoms with van der Waals surface area (Å²) >= 11 is 0. The largest absolute Gasteiger partial charge is 0.315 e. The highest BCUT2D eigenvalue weighted by Gasteiger charge is 2.20. The van der Waals surface area contributed by atoms with Crippen LogP contribution in [0.5, 0.6) is 0 Å². The third kappa shape index (κ3) is 6.11. The second-order valence-electron chi connectivity index (χ2n) is 11.7. The molecule has 6 nitrogen and oxygen atoms in total. The van der Waals surface area contributed by atoms with Crippen LogP contribution in [0.3, 0.4) is 0 Å². The molecule has 7 rings (SSSR count). The molecular formula is C42H30N6. The summed E-state index contributed by atoms with van der Waals surface area (Å²) in [4.78, 5) is 4.33. The Hall–Kier alpha value is -6.65. The summed E-state index contributed by atoms with van der Waals surface area (Å²) in [5.41, 5.74) is 11.1. The zero-order valence-corrected chi connectivity index (χ0v) is 26.1. The smallest absolute Gasteiger partial charge is 0.0991 e. The van der Waals surface area contributed by atoms with E-state index in [1.165, 1.54) is 5.56 Å². The van der Waals surface area contributed by atoms with E-state index in [1.807, 2.05) is 72.8 Å². The van der Waals surface area contributed by atoms with Crippen LogP contribution < -0.4 is 15.1 Å². The Balaban J connectivity index is 1.24. The fourth-order valence-corrected chi connectivity index (χ4v) is 6.00. The molecule has 1 N–H and O–H groups in total. The van der Waals surface area contributed by atoms with E-state index in [0.717, 1.165) is 58.3 Å². The number of hydrogen-bond acceptors (Lipinski definition) is 6. The zero-order valence-electron chi connectivity index (χ0n) is 26.1. The minimum atomic E-state index is 0.554. The Bertz CT molecular complexity index is 2100. The molecule has 0 saturated carbocycles. The van der Waals surface area contributed by atoms with Crippen LogP contribution in [-0.4, -0.2) is 13.1 Å². The molecule has 6 aromatic rings. The lowest BCUT2D eigenvalue weighted by Gasteiger charge is -2.29. The summed E-state index contributed by atoms with van der Waals surface area (Å²) in [6.45, 7) is 2.02. The quantitative estimate of drug-likeness (QED) is 0.183. The van der Waals surface area contributed by atoms with Gasteiger partial charge in [0.2, 0.25) is 0 Å². The van der Waals surface area contributed by atoms with Gasteiger partial charge in [-0.3, -0.25) is 0 Å². The molecule has 0 atom stereocenters. The molecule has 1 saturated heterocycles. The van der Waals surface area contributed by atoms with E-state index >= 15 is 0 Å². The van der Waals surface area contributed by atoms with Crippen molar-refractivity contribution in [2.24, 2.45) is 0 Å². The molecule has 48 heavy (non-hydrogen) atoms. The van der Waals surface area contributed by atoms with E-state index in [1.54, 1.807) is 0 Å². The van der Waals surface area contributed by atoms with Crippen LogP contribution in [0.4, 0.5) is 34.1 Å². The van der Waals surface area contributed by atoms with Crippen molar-refractivity contribution >= 4 is 34.1 Å². The minimum Gasteiger partial charge on any atom is -0.315 e. The van der Waals surface area contributed by atoms with Gasteiger partial charge >= 0.3 is 0 Å². The number of nitrogens with zero attached hydrogens (tertiary/aromatic N) is 5. The summed E-state index contributed by atoms with van der Waals surface area (Å²) in [6.07, 6.45) is 0. The second-order valence-corrected chi connectivity index (χ2v) is 11.7. The molecule has 1 aliphatic rings. The van der Waals surface area contributed by atoms with Crippen LogP contribution >= 0.6 is 0 Å². The van der Waals surface area contributed by atoms with Crippen LogP contribution in [0, 0.1) is 34.0 Å². The molecule has 1 heterocycles. The van der Waals surface area contributed by atoms with E-state index < -0.39 is 0 Å². The van der Waals surface area contributed by atoms with Gasteiger partial charge in [-0.05, 0) is 126 Å². The van der Waals surface area contributed by atoms with Gasteiger partial charge in [0.15, 0.2) is 0 Å². The average Bonchev–Trinajstić information content (AvgIpc) is 3.13. The molecule has 0 aromatic heterocycles. The fraction of sp³-hybridized carbons (Fsp3) is 0.0714. The third-order valence-electron chi connectivity index (χ3n) is 8.73. The molecule has 228 valence electrons. The van der Waals surface area contributed by atoms with Gasteiger partial charge in [-0.1, -0.05) is 36.4 Å². The van der Waals surface area contributed by atoms with Crippen molar-refractivity contribution in [3.63, 3.8) is 0 Å². The molecule has 6 aromatic carbocycles. The lowest BCUT2D eigenvalue weighted by Crippen LogP contribution is -2.39. The third-order valence-corrected chi connectivity index (χ3v) is 8.73. The second kappa shape index (κ2) is 13.4. The van der Waals surface area contributed by atoms with Crippen molar-refractivity contribution in [1.29, 1.82) is 15.8 Å². The van der Waals surface area contributed by atoms with Crippen molar-refractivity contribution in [3.05, 3.63) is 168 Å². The Morgan fingerprint density at radius 3 is 1.23 bits per heavy atom. The van der Waals surface area contributed by atoms with Crippen molar-refractivity contribution < 1.29 is 0 Å². The first-order chi connectivity index (χ1) is 23.6. The molecule has 1 fully saturated rings. The van der Waals surface area contributed by atoms with E-state index in [0.29, 0.717) is 22.6 Å². The number of anilines is 6. The number of nitriles is 3. The van der Waals surface area contributed by atoms with E-state index in [-0.39, 0.29) is 0 Å². The summed E-state index contributed by atoms with van der Waals surface area (Å²) in [5, 5.41) is 31.4. The maximum Gasteiger partial charge on any atom is 0.0991 e. The maximum absolute atomic E-state index is 9.41. The molecule has 0 unspecified atom stereocenters. The summed E-state index contributed by atoms with van der Waals surface area (Å²) in [5.74, 6) is 0.554. The molecule has 0 bridgehead atoms. The predicted octanol–water partition coefficient (Wildman–Crippen LogP) is 9.60. The van der Waals surface area contributed by atoms with Crippen molar-refractivity contribution in [1.82, 2.24) is 5.32 Å². The highest BCUT2D eigenvalue weighted by Crippen LogP contribution is 2.39. The van der Waals surface area contributed by atoms with Gasteiger partial charge in [0.1, 0.15) is 0 Å². The van der Waals surface area contributed by atoms with Gasteiger partial charge in [-0.2, -0.15) is 15.8 Å². The molecule has 0 amide bonds. The van der Waals surface area contributed by atoms with Gasteiger partial charge in [0.25, 0.3) is 0 Å². The van der Waals surface area contributed by atoms with Crippen molar-refractivity contribution in [3.8, 4) is 29.3 Å². The van der Waals surface area contributed by atoms with Gasteiger partial charge in [0, 0.05) is 53.1 Å². The Morgan fingerprint density at radius 1 is 0.438 bits per heavy atom. The standard InChI is InChI=1S/C42H30N6/c43-25-30-4-14-37(15-5-30)47(38-16-6-31(26-44)7-17-38)40-20-10-33(11-21-40)35-2-1-3-42(24-35)48(39-18-8-32(27-45)9-19-39)41-22-12-34(13-23-41)36-28-46-29-36/h1-24,36,46H,28-29H2. The summed E-state index contributed by atoms with van der Waals surface area (Å²) < 4.78 is 0. The number of nitrogens with one attached hydrogen (secondary N) is 1. The lowest BCUT2D eigenvalue weighted by atomic mass is 9.93. The van der Waals surface area contributed by atoms with Gasteiger partial charge < -0.3 is 15.1 Å². The monoisotopic (exact) mass is 618 g/mol. The molecule has 0 radical (unpaired) electrons. The molecule has 6 heteroatoms. The average molecular weight is 619 g/mol. The van der Waals surface area contributed by atoms with E-state index in [4.69, 9.17) is 0 Å². The van der Waals surface area contributed by atoms with Crippen molar-refractivity contribution in [2.75, 3.05) is 22.9 Å². The van der Waals surface area contributed by atoms with Crippen LogP contribution in [0.25, 0.3) is 11.1 Å². The van der Waals surface area contributed by atoms with E-state index in [2.05, 4.69) is 106 Å². The Labute approximate surface area is 280 Å². The molecule has 0 spiro atoms. The number of rotatable bonds is 8. The topological polar surface area (TPSA) is 89.9 Å². The van der Waals surface area contributed by atoms with Gasteiger partial charge in [-0.15, -0.1) is 0 Å². The number of benzene rings is 6. The molecule has 1 aliphatic heterocycles. The van der Waals surface area contributed by atoms with Crippen LogP contribution in [0.1, 0.15) is 28.2 Å². The van der Waals surface area contributed by atoms with E-state index in [9.17, 15) is 15.8 Å². The van der Waals surface area contributed by atoms with Crippen molar-refractivity contribution in [2.45, 2.75) is 5.92 Å². The maximum atomic E-state index is 9.41. The predicted molar refractivity (Wildman–Crippen MR) is 191 cm³/mol. The highest BCUT2D eigenvalue weighted by molar-refractivity contribution is 5.82. The summed E-state index contributed by atoms with van der Waals surface area (Å²) in [7, 11) is 0. The zero-order chi connectivity index (χ0) is 32.9. The SMILES string of the molecule is N#Cc1ccc(N(c2ccc(C#N)cc2)c2ccc(-c3cccc(N(c4ccc(C#N)cc4)c4ccc(C5CNC5)cc4)c3)cc2)cc1. The first-order valence-electron chi connectivity index (χ1n) is 15.8. The molecular weight excluding hydrogens is 589 g/mol. The number of hydrogen-bond donors (Lipinski definition) is 1. The van der Waals surface area contributed by atoms with Crippen LogP contribution in [0.15, 0.2) is 146 Å². The fourth-order valence-electron chi connectivity index (χ4n) is 6.00. The Morgan fingerprint density at radius 2 is 0.833 bits per heavy atom. The van der Waals surface area contributed by atoms with Crippen LogP contribution in [0.2, 0.25) is 0 Å².